The highest BCUT2D eigenvalue weighted by Crippen LogP contribution is 2.30. The summed E-state index contributed by atoms with van der Waals surface area (Å²) in [6.07, 6.45) is 2.88. The fourth-order valence-corrected chi connectivity index (χ4v) is 2.50. The van der Waals surface area contributed by atoms with Crippen molar-refractivity contribution >= 4 is 6.09 Å². The molecule has 0 radical (unpaired) electrons. The van der Waals surface area contributed by atoms with Crippen LogP contribution in [0.15, 0.2) is 6.33 Å². The number of amides is 1. The van der Waals surface area contributed by atoms with E-state index in [9.17, 15) is 4.79 Å². The lowest BCUT2D eigenvalue weighted by Crippen LogP contribution is -2.40. The third-order valence-corrected chi connectivity index (χ3v) is 3.92. The molecule has 2 heterocycles. The molecule has 1 fully saturated rings. The predicted octanol–water partition coefficient (Wildman–Crippen LogP) is 2.12. The van der Waals surface area contributed by atoms with Crippen LogP contribution in [0, 0.1) is 0 Å². The van der Waals surface area contributed by atoms with E-state index in [-0.39, 0.29) is 11.7 Å². The van der Waals surface area contributed by atoms with E-state index >= 15 is 0 Å². The van der Waals surface area contributed by atoms with Crippen LogP contribution in [-0.4, -0.2) is 50.0 Å². The van der Waals surface area contributed by atoms with E-state index in [0.717, 1.165) is 18.7 Å². The lowest BCUT2D eigenvalue weighted by molar-refractivity contribution is -0.0561. The van der Waals surface area contributed by atoms with Crippen molar-refractivity contribution in [1.82, 2.24) is 19.7 Å². The Balaban J connectivity index is 1.95. The van der Waals surface area contributed by atoms with Gasteiger partial charge in [0.2, 0.25) is 0 Å². The number of ether oxygens (including phenoxy) is 2. The number of aryl methyl sites for hydroxylation is 1. The van der Waals surface area contributed by atoms with Crippen molar-refractivity contribution in [3.63, 3.8) is 0 Å². The predicted molar refractivity (Wildman–Crippen MR) is 81.2 cm³/mol. The van der Waals surface area contributed by atoms with Gasteiger partial charge in [-0.1, -0.05) is 6.92 Å². The molecule has 1 atom stereocenters. The molecule has 1 amide bonds. The zero-order chi connectivity index (χ0) is 16.4. The normalized spacial score (nSPS) is 22.1. The Labute approximate surface area is 131 Å². The summed E-state index contributed by atoms with van der Waals surface area (Å²) in [7, 11) is 1.84. The summed E-state index contributed by atoms with van der Waals surface area (Å²) in [6, 6.07) is 0. The number of aromatic nitrogens is 3. The summed E-state index contributed by atoms with van der Waals surface area (Å²) in [5.74, 6) is 0.781. The molecule has 1 aromatic heterocycles. The first-order chi connectivity index (χ1) is 10.2. The Bertz CT molecular complexity index is 523. The van der Waals surface area contributed by atoms with Crippen molar-refractivity contribution < 1.29 is 14.3 Å². The number of rotatable bonds is 4. The monoisotopic (exact) mass is 310 g/mol. The molecule has 7 nitrogen and oxygen atoms in total. The second kappa shape index (κ2) is 6.24. The maximum absolute atomic E-state index is 12.2. The van der Waals surface area contributed by atoms with Gasteiger partial charge >= 0.3 is 6.09 Å². The number of hydrogen-bond donors (Lipinski definition) is 0. The highest BCUT2D eigenvalue weighted by Gasteiger charge is 2.41. The summed E-state index contributed by atoms with van der Waals surface area (Å²) >= 11 is 0. The molecule has 0 aliphatic carbocycles. The van der Waals surface area contributed by atoms with Gasteiger partial charge in [0.15, 0.2) is 5.82 Å². The SMILES string of the molecule is CCC1(OCc2ncnn2C)CCN(C(=O)OC(C)(C)C)C1. The molecule has 124 valence electrons. The van der Waals surface area contributed by atoms with Gasteiger partial charge in [0.25, 0.3) is 0 Å². The minimum atomic E-state index is -0.478. The molecule has 2 rings (SSSR count). The minimum absolute atomic E-state index is 0.273. The molecule has 7 heteroatoms. The van der Waals surface area contributed by atoms with E-state index in [4.69, 9.17) is 9.47 Å². The van der Waals surface area contributed by atoms with E-state index < -0.39 is 5.60 Å². The van der Waals surface area contributed by atoms with E-state index in [1.807, 2.05) is 27.8 Å². The topological polar surface area (TPSA) is 69.5 Å². The van der Waals surface area contributed by atoms with Crippen molar-refractivity contribution in [3.8, 4) is 0 Å². The molecule has 0 saturated carbocycles. The van der Waals surface area contributed by atoms with Crippen LogP contribution in [0.1, 0.15) is 46.4 Å². The van der Waals surface area contributed by atoms with Gasteiger partial charge in [0.1, 0.15) is 18.5 Å². The Hall–Kier alpha value is -1.63. The molecule has 1 aromatic rings. The van der Waals surface area contributed by atoms with E-state index in [1.165, 1.54) is 6.33 Å². The molecule has 1 unspecified atom stereocenters. The van der Waals surface area contributed by atoms with Crippen molar-refractivity contribution in [2.24, 2.45) is 7.05 Å². The molecular formula is C15H26N4O3. The van der Waals surface area contributed by atoms with Crippen molar-refractivity contribution in [3.05, 3.63) is 12.2 Å². The molecule has 1 aliphatic rings. The Kier molecular flexibility index (Phi) is 4.75. The van der Waals surface area contributed by atoms with E-state index in [0.29, 0.717) is 19.7 Å². The summed E-state index contributed by atoms with van der Waals surface area (Å²) in [5.41, 5.74) is -0.809. The molecule has 0 bridgehead atoms. The van der Waals surface area contributed by atoms with Gasteiger partial charge in [0, 0.05) is 13.6 Å². The molecular weight excluding hydrogens is 284 g/mol. The highest BCUT2D eigenvalue weighted by atomic mass is 16.6. The summed E-state index contributed by atoms with van der Waals surface area (Å²) in [5, 5.41) is 4.03. The van der Waals surface area contributed by atoms with Crippen LogP contribution in [0.5, 0.6) is 0 Å². The maximum Gasteiger partial charge on any atom is 0.410 e. The first-order valence-corrected chi connectivity index (χ1v) is 7.69. The smallest absolute Gasteiger partial charge is 0.410 e. The number of carbonyl (C=O) groups is 1. The molecule has 0 aromatic carbocycles. The number of nitrogens with zero attached hydrogens (tertiary/aromatic N) is 4. The van der Waals surface area contributed by atoms with Gasteiger partial charge in [-0.15, -0.1) is 0 Å². The highest BCUT2D eigenvalue weighted by molar-refractivity contribution is 5.68. The van der Waals surface area contributed by atoms with Crippen molar-refractivity contribution in [1.29, 1.82) is 0 Å². The van der Waals surface area contributed by atoms with E-state index in [1.54, 1.807) is 9.58 Å². The third-order valence-electron chi connectivity index (χ3n) is 3.92. The first kappa shape index (κ1) is 16.7. The van der Waals surface area contributed by atoms with Gasteiger partial charge < -0.3 is 14.4 Å². The maximum atomic E-state index is 12.2. The lowest BCUT2D eigenvalue weighted by atomic mass is 10.00. The standard InChI is InChI=1S/C15H26N4O3/c1-6-15(21-9-12-16-11-17-18(12)5)7-8-19(10-15)13(20)22-14(2,3)4/h11H,6-10H2,1-5H3. The van der Waals surface area contributed by atoms with Gasteiger partial charge in [-0.05, 0) is 33.6 Å². The van der Waals surface area contributed by atoms with Crippen LogP contribution in [0.2, 0.25) is 0 Å². The molecule has 0 spiro atoms. The quantitative estimate of drug-likeness (QED) is 0.852. The van der Waals surface area contributed by atoms with Gasteiger partial charge in [-0.2, -0.15) is 5.10 Å². The van der Waals surface area contributed by atoms with Crippen LogP contribution >= 0.6 is 0 Å². The molecule has 1 aliphatic heterocycles. The van der Waals surface area contributed by atoms with E-state index in [2.05, 4.69) is 17.0 Å². The largest absolute Gasteiger partial charge is 0.444 e. The van der Waals surface area contributed by atoms with Gasteiger partial charge in [-0.3, -0.25) is 4.68 Å². The average molecular weight is 310 g/mol. The number of carbonyl (C=O) groups excluding carboxylic acids is 1. The van der Waals surface area contributed by atoms with Crippen molar-refractivity contribution in [2.45, 2.75) is 58.3 Å². The summed E-state index contributed by atoms with van der Waals surface area (Å²) in [6.45, 7) is 9.30. The molecule has 0 N–H and O–H groups in total. The Morgan fingerprint density at radius 3 is 2.73 bits per heavy atom. The fraction of sp³-hybridized carbons (Fsp3) is 0.800. The van der Waals surface area contributed by atoms with Gasteiger partial charge in [-0.25, -0.2) is 9.78 Å². The van der Waals surface area contributed by atoms with Crippen LogP contribution < -0.4 is 0 Å². The Morgan fingerprint density at radius 1 is 1.45 bits per heavy atom. The fourth-order valence-electron chi connectivity index (χ4n) is 2.50. The van der Waals surface area contributed by atoms with Crippen LogP contribution in [-0.2, 0) is 23.1 Å². The second-order valence-electron chi connectivity index (χ2n) is 6.78. The molecule has 1 saturated heterocycles. The zero-order valence-electron chi connectivity index (χ0n) is 14.1. The minimum Gasteiger partial charge on any atom is -0.444 e. The van der Waals surface area contributed by atoms with Crippen molar-refractivity contribution in [2.75, 3.05) is 13.1 Å². The van der Waals surface area contributed by atoms with Crippen LogP contribution in [0.25, 0.3) is 0 Å². The van der Waals surface area contributed by atoms with Crippen LogP contribution in [0.3, 0.4) is 0 Å². The third kappa shape index (κ3) is 3.97. The Morgan fingerprint density at radius 2 is 2.18 bits per heavy atom. The van der Waals surface area contributed by atoms with Crippen LogP contribution in [0.4, 0.5) is 4.79 Å². The summed E-state index contributed by atoms with van der Waals surface area (Å²) in [4.78, 5) is 18.1. The number of likely N-dealkylation sites (tertiary alicyclic amines) is 1. The summed E-state index contributed by atoms with van der Waals surface area (Å²) < 4.78 is 13.2. The lowest BCUT2D eigenvalue weighted by Gasteiger charge is -2.29. The zero-order valence-corrected chi connectivity index (χ0v) is 14.1. The van der Waals surface area contributed by atoms with Gasteiger partial charge in [0.05, 0.1) is 12.1 Å². The molecule has 22 heavy (non-hydrogen) atoms. The first-order valence-electron chi connectivity index (χ1n) is 7.69. The second-order valence-corrected chi connectivity index (χ2v) is 6.78. The average Bonchev–Trinajstić information content (AvgIpc) is 3.02. The number of hydrogen-bond acceptors (Lipinski definition) is 5.